The molecule has 0 spiro atoms. The molecular weight excluding hydrogens is 514 g/mol. The summed E-state index contributed by atoms with van der Waals surface area (Å²) in [5, 5.41) is 9.31. The number of hydrogen-bond donors (Lipinski definition) is 3. The van der Waals surface area contributed by atoms with Crippen LogP contribution in [0.3, 0.4) is 0 Å². The second-order valence-corrected chi connectivity index (χ2v) is 11.8. The molecule has 0 fully saturated rings. The zero-order valence-electron chi connectivity index (χ0n) is 22.2. The molecular formula is C26H34F2N6O3S. The van der Waals surface area contributed by atoms with Crippen molar-refractivity contribution in [2.24, 2.45) is 0 Å². The molecule has 2 aliphatic rings. The minimum absolute atomic E-state index is 0.0542. The van der Waals surface area contributed by atoms with E-state index in [9.17, 15) is 17.2 Å². The number of benzene rings is 1. The first-order valence-corrected chi connectivity index (χ1v) is 14.2. The van der Waals surface area contributed by atoms with Crippen molar-refractivity contribution in [2.45, 2.75) is 50.7 Å². The van der Waals surface area contributed by atoms with Crippen LogP contribution in [0.25, 0.3) is 0 Å². The largest absolute Gasteiger partial charge is 0.495 e. The van der Waals surface area contributed by atoms with Gasteiger partial charge in [0, 0.05) is 26.7 Å². The van der Waals surface area contributed by atoms with Crippen LogP contribution in [-0.2, 0) is 22.5 Å². The van der Waals surface area contributed by atoms with Crippen LogP contribution in [0.4, 0.5) is 26.2 Å². The second kappa shape index (κ2) is 11.0. The van der Waals surface area contributed by atoms with E-state index in [-0.39, 0.29) is 17.3 Å². The molecule has 1 aromatic carbocycles. The van der Waals surface area contributed by atoms with Crippen molar-refractivity contribution in [3.63, 3.8) is 0 Å². The number of nitrogens with one attached hydrogen (secondary N) is 3. The third kappa shape index (κ3) is 5.97. The van der Waals surface area contributed by atoms with Crippen LogP contribution in [0.5, 0.6) is 5.75 Å². The van der Waals surface area contributed by atoms with Gasteiger partial charge in [-0.1, -0.05) is 23.8 Å². The van der Waals surface area contributed by atoms with Gasteiger partial charge in [-0.2, -0.15) is 9.29 Å². The maximum atomic E-state index is 14.6. The number of halogens is 2. The summed E-state index contributed by atoms with van der Waals surface area (Å²) in [6.07, 6.45) is 8.37. The van der Waals surface area contributed by atoms with Crippen molar-refractivity contribution < 1.29 is 21.9 Å². The molecule has 0 aliphatic heterocycles. The molecule has 2 aliphatic carbocycles. The Kier molecular flexibility index (Phi) is 8.05. The van der Waals surface area contributed by atoms with Gasteiger partial charge in [0.15, 0.2) is 0 Å². The van der Waals surface area contributed by atoms with E-state index >= 15 is 0 Å². The molecule has 2 aromatic rings. The number of sulfonamides is 1. The fourth-order valence-corrected chi connectivity index (χ4v) is 5.63. The molecule has 206 valence electrons. The van der Waals surface area contributed by atoms with Gasteiger partial charge in [0.2, 0.25) is 16.0 Å². The number of ether oxygens (including phenoxy) is 1. The molecule has 0 amide bonds. The highest BCUT2D eigenvalue weighted by Gasteiger charge is 2.41. The van der Waals surface area contributed by atoms with E-state index in [4.69, 9.17) is 4.74 Å². The van der Waals surface area contributed by atoms with Gasteiger partial charge in [0.25, 0.3) is 5.92 Å². The van der Waals surface area contributed by atoms with E-state index in [0.29, 0.717) is 24.4 Å². The molecule has 3 N–H and O–H groups in total. The molecule has 38 heavy (non-hydrogen) atoms. The number of alkyl halides is 2. The van der Waals surface area contributed by atoms with Crippen molar-refractivity contribution in [1.29, 1.82) is 0 Å². The van der Waals surface area contributed by atoms with Crippen LogP contribution in [0.1, 0.15) is 37.3 Å². The number of aromatic nitrogens is 2. The Labute approximate surface area is 222 Å². The summed E-state index contributed by atoms with van der Waals surface area (Å²) in [7, 11) is 1.35. The lowest BCUT2D eigenvalue weighted by Crippen LogP contribution is -2.46. The quantitative estimate of drug-likeness (QED) is 0.407. The summed E-state index contributed by atoms with van der Waals surface area (Å²) >= 11 is 0. The average Bonchev–Trinajstić information content (AvgIpc) is 3.21. The Morgan fingerprint density at radius 2 is 2.05 bits per heavy atom. The number of allylic oxidation sites excluding steroid dienone is 1. The summed E-state index contributed by atoms with van der Waals surface area (Å²) in [6, 6.07) is 4.54. The third-order valence-electron chi connectivity index (χ3n) is 6.88. The molecule has 1 aromatic heterocycles. The molecule has 0 saturated carbocycles. The SMILES string of the molecule is CNCc1ccc(Nc2ncc(C(C)(F)F)c(NC3CC4=C(C=CCC4)C3N(C)S(C)(=O)=O)n2)c(OC)c1. The summed E-state index contributed by atoms with van der Waals surface area (Å²) in [5.41, 5.74) is 3.24. The van der Waals surface area contributed by atoms with E-state index < -0.39 is 28.0 Å². The number of rotatable bonds is 10. The standard InChI is InChI=1S/C26H34F2N6O3S/c1-26(27,28)19-15-30-25(32-20-11-10-16(14-29-2)12-22(20)37-4)33-24(19)31-21-13-17-8-6-7-9-18(17)23(21)34(3)38(5,35)36/h7,9-12,15,21,23,29H,6,8,13-14H2,1-5H3,(H2,30,31,32,33). The Morgan fingerprint density at radius 1 is 1.29 bits per heavy atom. The summed E-state index contributed by atoms with van der Waals surface area (Å²) in [4.78, 5) is 8.56. The third-order valence-corrected chi connectivity index (χ3v) is 8.15. The van der Waals surface area contributed by atoms with E-state index in [1.165, 1.54) is 11.4 Å². The molecule has 12 heteroatoms. The Balaban J connectivity index is 1.69. The summed E-state index contributed by atoms with van der Waals surface area (Å²) in [6.45, 7) is 1.44. The van der Waals surface area contributed by atoms with E-state index in [0.717, 1.165) is 48.9 Å². The molecule has 2 atom stereocenters. The smallest absolute Gasteiger partial charge is 0.275 e. The van der Waals surface area contributed by atoms with E-state index in [2.05, 4.69) is 25.9 Å². The normalized spacial score (nSPS) is 19.6. The molecule has 2 unspecified atom stereocenters. The van der Waals surface area contributed by atoms with Gasteiger partial charge in [-0.15, -0.1) is 0 Å². The van der Waals surface area contributed by atoms with Gasteiger partial charge in [-0.05, 0) is 49.6 Å². The molecule has 1 heterocycles. The first-order chi connectivity index (χ1) is 17.9. The molecule has 0 saturated heterocycles. The van der Waals surface area contributed by atoms with Gasteiger partial charge in [-0.3, -0.25) is 0 Å². The maximum absolute atomic E-state index is 14.6. The highest BCUT2D eigenvalue weighted by molar-refractivity contribution is 7.88. The molecule has 9 nitrogen and oxygen atoms in total. The van der Waals surface area contributed by atoms with Crippen molar-refractivity contribution >= 4 is 27.5 Å². The van der Waals surface area contributed by atoms with Gasteiger partial charge in [-0.25, -0.2) is 22.2 Å². The van der Waals surface area contributed by atoms with E-state index in [1.807, 2.05) is 37.4 Å². The number of likely N-dealkylation sites (N-methyl/N-ethyl adjacent to an activating group) is 1. The lowest BCUT2D eigenvalue weighted by molar-refractivity contribution is 0.0175. The van der Waals surface area contributed by atoms with Gasteiger partial charge < -0.3 is 20.7 Å². The maximum Gasteiger partial charge on any atom is 0.275 e. The van der Waals surface area contributed by atoms with Crippen LogP contribution < -0.4 is 20.7 Å². The van der Waals surface area contributed by atoms with Crippen molar-refractivity contribution in [1.82, 2.24) is 19.6 Å². The Bertz CT molecular complexity index is 1360. The average molecular weight is 549 g/mol. The lowest BCUT2D eigenvalue weighted by atomic mass is 9.99. The highest BCUT2D eigenvalue weighted by atomic mass is 32.2. The fraction of sp³-hybridized carbons (Fsp3) is 0.462. The number of hydrogen-bond acceptors (Lipinski definition) is 8. The predicted octanol–water partition coefficient (Wildman–Crippen LogP) is 4.15. The van der Waals surface area contributed by atoms with Gasteiger partial charge >= 0.3 is 0 Å². The minimum atomic E-state index is -3.55. The van der Waals surface area contributed by atoms with Crippen molar-refractivity contribution in [3.05, 3.63) is 58.8 Å². The minimum Gasteiger partial charge on any atom is -0.495 e. The molecule has 0 radical (unpaired) electrons. The molecule has 0 bridgehead atoms. The Morgan fingerprint density at radius 3 is 2.71 bits per heavy atom. The second-order valence-electron chi connectivity index (χ2n) is 9.71. The first-order valence-electron chi connectivity index (χ1n) is 12.3. The number of anilines is 3. The Hall–Kier alpha value is -3.09. The lowest BCUT2D eigenvalue weighted by Gasteiger charge is -2.31. The van der Waals surface area contributed by atoms with Crippen LogP contribution in [-0.4, -0.2) is 62.2 Å². The zero-order chi connectivity index (χ0) is 27.7. The monoisotopic (exact) mass is 548 g/mol. The van der Waals surface area contributed by atoms with Crippen LogP contribution >= 0.6 is 0 Å². The number of methoxy groups -OCH3 is 1. The van der Waals surface area contributed by atoms with Crippen LogP contribution in [0, 0.1) is 0 Å². The molecule has 4 rings (SSSR count). The van der Waals surface area contributed by atoms with E-state index in [1.54, 1.807) is 7.11 Å². The highest BCUT2D eigenvalue weighted by Crippen LogP contribution is 2.40. The number of nitrogens with zero attached hydrogens (tertiary/aromatic N) is 3. The van der Waals surface area contributed by atoms with Crippen LogP contribution in [0.2, 0.25) is 0 Å². The summed E-state index contributed by atoms with van der Waals surface area (Å²) in [5.74, 6) is -2.63. The zero-order valence-corrected chi connectivity index (χ0v) is 23.0. The first kappa shape index (κ1) is 27.9. The van der Waals surface area contributed by atoms with Crippen LogP contribution in [0.15, 0.2) is 47.7 Å². The predicted molar refractivity (Wildman–Crippen MR) is 144 cm³/mol. The van der Waals surface area contributed by atoms with Crippen molar-refractivity contribution in [3.8, 4) is 5.75 Å². The van der Waals surface area contributed by atoms with Crippen molar-refractivity contribution in [2.75, 3.05) is 38.1 Å². The summed E-state index contributed by atoms with van der Waals surface area (Å²) < 4.78 is 61.0. The van der Waals surface area contributed by atoms with Gasteiger partial charge in [0.05, 0.1) is 36.7 Å². The van der Waals surface area contributed by atoms with Gasteiger partial charge in [0.1, 0.15) is 11.6 Å². The fourth-order valence-electron chi connectivity index (χ4n) is 4.96. The topological polar surface area (TPSA) is 108 Å².